The summed E-state index contributed by atoms with van der Waals surface area (Å²) in [5, 5.41) is 0.505. The molecule has 0 bridgehead atoms. The molecule has 2 aromatic rings. The zero-order valence-electron chi connectivity index (χ0n) is 14.1. The number of carbonyl (C=O) groups is 1. The van der Waals surface area contributed by atoms with Crippen LogP contribution < -0.4 is 5.43 Å². The van der Waals surface area contributed by atoms with E-state index in [9.17, 15) is 9.59 Å². The number of benzene rings is 1. The predicted octanol–water partition coefficient (Wildman–Crippen LogP) is 4.24. The van der Waals surface area contributed by atoms with E-state index in [4.69, 9.17) is 9.15 Å². The molecular weight excluding hydrogens is 304 g/mol. The average Bonchev–Trinajstić information content (AvgIpc) is 2.55. The van der Waals surface area contributed by atoms with Gasteiger partial charge in [-0.1, -0.05) is 18.2 Å². The number of hydrogen-bond donors (Lipinski definition) is 0. The molecule has 0 fully saturated rings. The van der Waals surface area contributed by atoms with Crippen LogP contribution in [0.25, 0.3) is 16.5 Å². The fraction of sp³-hybridized carbons (Fsp3) is 0.400. The van der Waals surface area contributed by atoms with Gasteiger partial charge in [-0.15, -0.1) is 0 Å². The molecular formula is C20H22O4. The zero-order chi connectivity index (χ0) is 17.1. The van der Waals surface area contributed by atoms with Crippen molar-refractivity contribution < 1.29 is 13.9 Å². The molecule has 1 aliphatic rings. The van der Waals surface area contributed by atoms with Crippen LogP contribution in [0.5, 0.6) is 0 Å². The van der Waals surface area contributed by atoms with Crippen molar-refractivity contribution in [3.05, 3.63) is 51.9 Å². The number of fused-ring (bicyclic) bond motifs is 1. The lowest BCUT2D eigenvalue weighted by atomic mass is 9.97. The Kier molecular flexibility index (Phi) is 4.84. The molecule has 0 unspecified atom stereocenters. The lowest BCUT2D eigenvalue weighted by Gasteiger charge is -2.13. The maximum Gasteiger partial charge on any atom is 0.310 e. The van der Waals surface area contributed by atoms with Crippen LogP contribution in [0.15, 0.2) is 39.6 Å². The third-order valence-corrected chi connectivity index (χ3v) is 4.15. The van der Waals surface area contributed by atoms with Crippen molar-refractivity contribution in [1.29, 1.82) is 0 Å². The Hall–Kier alpha value is -2.36. The molecule has 0 N–H and O–H groups in total. The van der Waals surface area contributed by atoms with E-state index in [2.05, 4.69) is 6.08 Å². The van der Waals surface area contributed by atoms with E-state index in [1.54, 1.807) is 18.2 Å². The molecule has 0 radical (unpaired) electrons. The van der Waals surface area contributed by atoms with Gasteiger partial charge in [0.2, 0.25) is 0 Å². The van der Waals surface area contributed by atoms with Gasteiger partial charge in [0.25, 0.3) is 0 Å². The first-order valence-corrected chi connectivity index (χ1v) is 8.49. The van der Waals surface area contributed by atoms with Gasteiger partial charge in [-0.25, -0.2) is 0 Å². The number of carbonyl (C=O) groups excluding carboxylic acids is 1. The van der Waals surface area contributed by atoms with Crippen LogP contribution in [0.1, 0.15) is 50.9 Å². The summed E-state index contributed by atoms with van der Waals surface area (Å²) in [7, 11) is 0. The maximum absolute atomic E-state index is 12.5. The van der Waals surface area contributed by atoms with Crippen LogP contribution >= 0.6 is 0 Å². The molecule has 0 amide bonds. The molecule has 0 spiro atoms. The fourth-order valence-electron chi connectivity index (χ4n) is 3.06. The Labute approximate surface area is 141 Å². The van der Waals surface area contributed by atoms with E-state index >= 15 is 0 Å². The Balaban J connectivity index is 2.03. The van der Waals surface area contributed by atoms with Crippen LogP contribution in [-0.4, -0.2) is 12.1 Å². The molecule has 0 atom stereocenters. The van der Waals surface area contributed by atoms with E-state index in [-0.39, 0.29) is 23.9 Å². The highest BCUT2D eigenvalue weighted by atomic mass is 16.5. The Bertz CT molecular complexity index is 842. The monoisotopic (exact) mass is 326 g/mol. The van der Waals surface area contributed by atoms with Crippen LogP contribution in [0.3, 0.4) is 0 Å². The first-order chi connectivity index (χ1) is 11.5. The molecule has 24 heavy (non-hydrogen) atoms. The summed E-state index contributed by atoms with van der Waals surface area (Å²) in [6, 6.07) is 6.88. The smallest absolute Gasteiger partial charge is 0.310 e. The largest absolute Gasteiger partial charge is 0.463 e. The minimum absolute atomic E-state index is 0.0724. The summed E-state index contributed by atoms with van der Waals surface area (Å²) in [4.78, 5) is 24.4. The van der Waals surface area contributed by atoms with Crippen LogP contribution in [-0.2, 0) is 16.0 Å². The summed E-state index contributed by atoms with van der Waals surface area (Å²) >= 11 is 0. The van der Waals surface area contributed by atoms with E-state index in [1.807, 2.05) is 19.9 Å². The molecule has 1 aromatic carbocycles. The first-order valence-electron chi connectivity index (χ1n) is 8.49. The molecule has 0 saturated heterocycles. The van der Waals surface area contributed by atoms with Crippen molar-refractivity contribution in [2.45, 2.75) is 52.1 Å². The fourth-order valence-corrected chi connectivity index (χ4v) is 3.06. The average molecular weight is 326 g/mol. The Morgan fingerprint density at radius 3 is 2.83 bits per heavy atom. The molecule has 3 rings (SSSR count). The summed E-state index contributed by atoms with van der Waals surface area (Å²) in [6.45, 7) is 3.63. The van der Waals surface area contributed by atoms with E-state index in [0.717, 1.165) is 24.8 Å². The Morgan fingerprint density at radius 2 is 2.12 bits per heavy atom. The number of allylic oxidation sites excluding steroid dienone is 2. The van der Waals surface area contributed by atoms with E-state index < -0.39 is 0 Å². The van der Waals surface area contributed by atoms with Crippen molar-refractivity contribution in [3.8, 4) is 0 Å². The predicted molar refractivity (Wildman–Crippen MR) is 93.9 cm³/mol. The quantitative estimate of drug-likeness (QED) is 0.788. The van der Waals surface area contributed by atoms with Gasteiger partial charge in [-0.3, -0.25) is 9.59 Å². The minimum atomic E-state index is -0.317. The third kappa shape index (κ3) is 3.58. The number of hydrogen-bond acceptors (Lipinski definition) is 4. The second kappa shape index (κ2) is 7.04. The van der Waals surface area contributed by atoms with Gasteiger partial charge in [0.15, 0.2) is 5.43 Å². The standard InChI is InChI=1S/C20H22O4/c1-13(2)23-19(22)11-15-9-6-10-16-17(21)12-18(24-20(15)16)14-7-4-3-5-8-14/h6-7,9-10,12-13H,3-5,8,11H2,1-2H3. The molecule has 1 aliphatic carbocycles. The number of para-hydroxylation sites is 1. The van der Waals surface area contributed by atoms with Crippen molar-refractivity contribution in [2.75, 3.05) is 0 Å². The van der Waals surface area contributed by atoms with Gasteiger partial charge in [-0.05, 0) is 51.2 Å². The normalized spacial score (nSPS) is 14.7. The van der Waals surface area contributed by atoms with Gasteiger partial charge in [0, 0.05) is 11.6 Å². The maximum atomic E-state index is 12.5. The van der Waals surface area contributed by atoms with Crippen LogP contribution in [0, 0.1) is 0 Å². The van der Waals surface area contributed by atoms with Crippen molar-refractivity contribution in [1.82, 2.24) is 0 Å². The van der Waals surface area contributed by atoms with Gasteiger partial charge < -0.3 is 9.15 Å². The summed E-state index contributed by atoms with van der Waals surface area (Å²) in [6.07, 6.45) is 6.29. The zero-order valence-corrected chi connectivity index (χ0v) is 14.1. The van der Waals surface area contributed by atoms with Crippen molar-refractivity contribution in [2.24, 2.45) is 0 Å². The highest BCUT2D eigenvalue weighted by Gasteiger charge is 2.16. The molecule has 0 aliphatic heterocycles. The third-order valence-electron chi connectivity index (χ3n) is 4.15. The van der Waals surface area contributed by atoms with Gasteiger partial charge in [-0.2, -0.15) is 0 Å². The number of esters is 1. The van der Waals surface area contributed by atoms with Crippen molar-refractivity contribution >= 4 is 22.5 Å². The highest BCUT2D eigenvalue weighted by molar-refractivity contribution is 5.85. The molecule has 126 valence electrons. The minimum Gasteiger partial charge on any atom is -0.463 e. The van der Waals surface area contributed by atoms with Crippen LogP contribution in [0.4, 0.5) is 0 Å². The molecule has 4 nitrogen and oxygen atoms in total. The highest BCUT2D eigenvalue weighted by Crippen LogP contribution is 2.28. The Morgan fingerprint density at radius 1 is 1.29 bits per heavy atom. The lowest BCUT2D eigenvalue weighted by molar-refractivity contribution is -0.146. The first kappa shape index (κ1) is 16.5. The summed E-state index contributed by atoms with van der Waals surface area (Å²) in [5.74, 6) is 0.305. The summed E-state index contributed by atoms with van der Waals surface area (Å²) in [5.41, 5.74) is 2.19. The summed E-state index contributed by atoms with van der Waals surface area (Å²) < 4.78 is 11.3. The molecule has 1 heterocycles. The van der Waals surface area contributed by atoms with Gasteiger partial charge in [0.05, 0.1) is 17.9 Å². The van der Waals surface area contributed by atoms with Gasteiger partial charge in [0.1, 0.15) is 11.3 Å². The second-order valence-corrected chi connectivity index (χ2v) is 6.46. The SMILES string of the molecule is CC(C)OC(=O)Cc1cccc2c(=O)cc(C3=CCCCC3)oc12. The topological polar surface area (TPSA) is 56.5 Å². The van der Waals surface area contributed by atoms with Gasteiger partial charge >= 0.3 is 5.97 Å². The molecule has 0 saturated carbocycles. The second-order valence-electron chi connectivity index (χ2n) is 6.46. The van der Waals surface area contributed by atoms with E-state index in [1.165, 1.54) is 6.42 Å². The molecule has 1 aromatic heterocycles. The number of rotatable bonds is 4. The van der Waals surface area contributed by atoms with Crippen LogP contribution in [0.2, 0.25) is 0 Å². The number of ether oxygens (including phenoxy) is 1. The van der Waals surface area contributed by atoms with Crippen molar-refractivity contribution in [3.63, 3.8) is 0 Å². The van der Waals surface area contributed by atoms with E-state index in [0.29, 0.717) is 22.3 Å². The molecule has 4 heteroatoms. The lowest BCUT2D eigenvalue weighted by Crippen LogP contribution is -2.14.